The molecular formula is C16H30O. The predicted octanol–water partition coefficient (Wildman–Crippen LogP) is 4.70. The van der Waals surface area contributed by atoms with Gasteiger partial charge < -0.3 is 5.11 Å². The summed E-state index contributed by atoms with van der Waals surface area (Å²) >= 11 is 0. The molecule has 100 valence electrons. The summed E-state index contributed by atoms with van der Waals surface area (Å²) in [5.74, 6) is 1.21. The fraction of sp³-hybridized carbons (Fsp3) is 0.875. The Morgan fingerprint density at radius 3 is 2.53 bits per heavy atom. The number of aliphatic hydroxyl groups excluding tert-OH is 1. The van der Waals surface area contributed by atoms with Crippen molar-refractivity contribution in [3.05, 3.63) is 12.2 Å². The summed E-state index contributed by atoms with van der Waals surface area (Å²) in [7, 11) is 0. The molecule has 0 aliphatic heterocycles. The molecule has 1 atom stereocenters. The van der Waals surface area contributed by atoms with Crippen LogP contribution in [0.3, 0.4) is 0 Å². The molecule has 1 N–H and O–H groups in total. The van der Waals surface area contributed by atoms with E-state index in [1.54, 1.807) is 0 Å². The molecule has 0 aromatic heterocycles. The van der Waals surface area contributed by atoms with E-state index in [-0.39, 0.29) is 0 Å². The monoisotopic (exact) mass is 238 g/mol. The van der Waals surface area contributed by atoms with Crippen molar-refractivity contribution >= 4 is 0 Å². The summed E-state index contributed by atoms with van der Waals surface area (Å²) in [5.41, 5.74) is 0. The van der Waals surface area contributed by atoms with Crippen LogP contribution in [-0.4, -0.2) is 11.7 Å². The van der Waals surface area contributed by atoms with E-state index in [1.165, 1.54) is 64.2 Å². The van der Waals surface area contributed by atoms with Crippen LogP contribution in [0.25, 0.3) is 0 Å². The second-order valence-electron chi connectivity index (χ2n) is 5.57. The smallest absolute Gasteiger partial charge is 0.0493 e. The molecule has 1 aliphatic rings. The molecule has 0 bridgehead atoms. The van der Waals surface area contributed by atoms with Crippen LogP contribution in [0.15, 0.2) is 12.2 Å². The van der Waals surface area contributed by atoms with Gasteiger partial charge in [-0.1, -0.05) is 64.0 Å². The molecule has 0 amide bonds. The van der Waals surface area contributed by atoms with Gasteiger partial charge in [0, 0.05) is 6.61 Å². The number of aliphatic hydroxyl groups is 1. The summed E-state index contributed by atoms with van der Waals surface area (Å²) in [6.45, 7) is 2.57. The molecule has 0 aromatic rings. The third-order valence-corrected chi connectivity index (χ3v) is 3.97. The highest BCUT2D eigenvalue weighted by Gasteiger charge is 2.11. The second-order valence-corrected chi connectivity index (χ2v) is 5.57. The van der Waals surface area contributed by atoms with Crippen molar-refractivity contribution in [1.29, 1.82) is 0 Å². The van der Waals surface area contributed by atoms with E-state index < -0.39 is 0 Å². The van der Waals surface area contributed by atoms with E-state index in [9.17, 15) is 5.11 Å². The van der Waals surface area contributed by atoms with Crippen molar-refractivity contribution in [2.75, 3.05) is 6.61 Å². The van der Waals surface area contributed by atoms with Crippen molar-refractivity contribution < 1.29 is 5.11 Å². The lowest BCUT2D eigenvalue weighted by Gasteiger charge is -2.18. The Kier molecular flexibility index (Phi) is 8.42. The maximum Gasteiger partial charge on any atom is 0.0493 e. The molecule has 1 nitrogen and oxygen atoms in total. The second kappa shape index (κ2) is 9.70. The Labute approximate surface area is 107 Å². The van der Waals surface area contributed by atoms with Gasteiger partial charge in [-0.25, -0.2) is 0 Å². The highest BCUT2D eigenvalue weighted by atomic mass is 16.3. The van der Waals surface area contributed by atoms with E-state index in [1.807, 2.05) is 0 Å². The standard InChI is InChI=1S/C16H30O/c1-2-3-4-6-11-16(14-17)13-12-15-9-7-5-8-10-15/h12-13,15-17H,2-11,14H2,1H3/b13-12+/t16-/m1/s1. The van der Waals surface area contributed by atoms with Gasteiger partial charge in [0.25, 0.3) is 0 Å². The molecule has 1 heteroatoms. The molecule has 0 spiro atoms. The number of allylic oxidation sites excluding steroid dienone is 1. The van der Waals surface area contributed by atoms with E-state index in [0.29, 0.717) is 12.5 Å². The quantitative estimate of drug-likeness (QED) is 0.480. The fourth-order valence-corrected chi connectivity index (χ4v) is 2.72. The minimum Gasteiger partial charge on any atom is -0.396 e. The summed E-state index contributed by atoms with van der Waals surface area (Å²) in [6.07, 6.45) is 18.0. The van der Waals surface area contributed by atoms with Gasteiger partial charge in [-0.3, -0.25) is 0 Å². The van der Waals surface area contributed by atoms with Crippen LogP contribution in [0.2, 0.25) is 0 Å². The Hall–Kier alpha value is -0.300. The molecule has 0 saturated heterocycles. The van der Waals surface area contributed by atoms with Gasteiger partial charge >= 0.3 is 0 Å². The highest BCUT2D eigenvalue weighted by molar-refractivity contribution is 4.93. The first-order valence-electron chi connectivity index (χ1n) is 7.66. The first-order chi connectivity index (χ1) is 8.36. The summed E-state index contributed by atoms with van der Waals surface area (Å²) < 4.78 is 0. The van der Waals surface area contributed by atoms with Crippen LogP contribution >= 0.6 is 0 Å². The van der Waals surface area contributed by atoms with E-state index in [4.69, 9.17) is 0 Å². The largest absolute Gasteiger partial charge is 0.396 e. The van der Waals surface area contributed by atoms with Crippen molar-refractivity contribution in [2.45, 2.75) is 71.1 Å². The Morgan fingerprint density at radius 2 is 1.88 bits per heavy atom. The van der Waals surface area contributed by atoms with E-state index in [0.717, 1.165) is 5.92 Å². The normalized spacial score (nSPS) is 19.9. The van der Waals surface area contributed by atoms with Crippen molar-refractivity contribution in [2.24, 2.45) is 11.8 Å². The van der Waals surface area contributed by atoms with E-state index in [2.05, 4.69) is 19.1 Å². The lowest BCUT2D eigenvalue weighted by atomic mass is 9.88. The Bertz CT molecular complexity index is 192. The zero-order chi connectivity index (χ0) is 12.3. The average molecular weight is 238 g/mol. The molecule has 1 rings (SSSR count). The first kappa shape index (κ1) is 14.8. The number of hydrogen-bond donors (Lipinski definition) is 1. The third kappa shape index (κ3) is 6.88. The summed E-state index contributed by atoms with van der Waals surface area (Å²) in [5, 5.41) is 9.36. The minimum atomic E-state index is 0.329. The summed E-state index contributed by atoms with van der Waals surface area (Å²) in [6, 6.07) is 0. The molecule has 0 heterocycles. The molecule has 1 saturated carbocycles. The minimum absolute atomic E-state index is 0.329. The number of unbranched alkanes of at least 4 members (excludes halogenated alkanes) is 3. The third-order valence-electron chi connectivity index (χ3n) is 3.97. The van der Waals surface area contributed by atoms with Crippen LogP contribution in [0.4, 0.5) is 0 Å². The zero-order valence-electron chi connectivity index (χ0n) is 11.5. The zero-order valence-corrected chi connectivity index (χ0v) is 11.5. The number of rotatable bonds is 8. The van der Waals surface area contributed by atoms with Gasteiger partial charge in [-0.15, -0.1) is 0 Å². The highest BCUT2D eigenvalue weighted by Crippen LogP contribution is 2.25. The molecule has 17 heavy (non-hydrogen) atoms. The van der Waals surface area contributed by atoms with Gasteiger partial charge in [0.2, 0.25) is 0 Å². The Balaban J connectivity index is 2.17. The van der Waals surface area contributed by atoms with Crippen molar-refractivity contribution in [3.8, 4) is 0 Å². The van der Waals surface area contributed by atoms with Gasteiger partial charge in [-0.05, 0) is 31.1 Å². The average Bonchev–Trinajstić information content (AvgIpc) is 2.39. The molecule has 0 aromatic carbocycles. The molecule has 1 fully saturated rings. The maximum atomic E-state index is 9.36. The Morgan fingerprint density at radius 1 is 1.12 bits per heavy atom. The molecule has 0 radical (unpaired) electrons. The lowest BCUT2D eigenvalue weighted by Crippen LogP contribution is -2.06. The van der Waals surface area contributed by atoms with Gasteiger partial charge in [0.05, 0.1) is 0 Å². The van der Waals surface area contributed by atoms with Crippen molar-refractivity contribution in [3.63, 3.8) is 0 Å². The van der Waals surface area contributed by atoms with Crippen LogP contribution in [0, 0.1) is 11.8 Å². The van der Waals surface area contributed by atoms with Crippen LogP contribution in [-0.2, 0) is 0 Å². The maximum absolute atomic E-state index is 9.36. The SMILES string of the molecule is CCCCCC[C@H](/C=C/C1CCCCC1)CO. The van der Waals surface area contributed by atoms with Crippen LogP contribution in [0.5, 0.6) is 0 Å². The fourth-order valence-electron chi connectivity index (χ4n) is 2.72. The first-order valence-corrected chi connectivity index (χ1v) is 7.66. The molecule has 0 unspecified atom stereocenters. The molecule has 1 aliphatic carbocycles. The van der Waals surface area contributed by atoms with Crippen molar-refractivity contribution in [1.82, 2.24) is 0 Å². The van der Waals surface area contributed by atoms with Crippen LogP contribution in [0.1, 0.15) is 71.1 Å². The van der Waals surface area contributed by atoms with E-state index >= 15 is 0 Å². The number of hydrogen-bond acceptors (Lipinski definition) is 1. The van der Waals surface area contributed by atoms with Gasteiger partial charge in [0.15, 0.2) is 0 Å². The molecular weight excluding hydrogens is 208 g/mol. The summed E-state index contributed by atoms with van der Waals surface area (Å²) in [4.78, 5) is 0. The van der Waals surface area contributed by atoms with Gasteiger partial charge in [0.1, 0.15) is 0 Å². The van der Waals surface area contributed by atoms with Crippen LogP contribution < -0.4 is 0 Å². The van der Waals surface area contributed by atoms with Gasteiger partial charge in [-0.2, -0.15) is 0 Å². The lowest BCUT2D eigenvalue weighted by molar-refractivity contribution is 0.242. The predicted molar refractivity (Wildman–Crippen MR) is 75.0 cm³/mol. The topological polar surface area (TPSA) is 20.2 Å².